The number of anilines is 1. The van der Waals surface area contributed by atoms with Gasteiger partial charge in [-0.05, 0) is 18.6 Å². The van der Waals surface area contributed by atoms with E-state index in [0.29, 0.717) is 24.2 Å². The fourth-order valence-corrected chi connectivity index (χ4v) is 2.30. The van der Waals surface area contributed by atoms with Crippen LogP contribution in [0.5, 0.6) is 0 Å². The van der Waals surface area contributed by atoms with Crippen LogP contribution in [0.15, 0.2) is 24.3 Å². The van der Waals surface area contributed by atoms with Crippen LogP contribution < -0.4 is 4.90 Å². The van der Waals surface area contributed by atoms with E-state index in [0.717, 1.165) is 0 Å². The molecule has 1 aliphatic heterocycles. The van der Waals surface area contributed by atoms with Crippen LogP contribution in [0.4, 0.5) is 5.69 Å². The van der Waals surface area contributed by atoms with Crippen molar-refractivity contribution in [2.45, 2.75) is 25.7 Å². The average molecular weight is 275 g/mol. The summed E-state index contributed by atoms with van der Waals surface area (Å²) >= 11 is 0. The Morgan fingerprint density at radius 1 is 1.25 bits per heavy atom. The van der Waals surface area contributed by atoms with Crippen LogP contribution in [-0.4, -0.2) is 31.3 Å². The second-order valence-electron chi connectivity index (χ2n) is 4.67. The number of para-hydroxylation sites is 1. The SMILES string of the molecule is COC(=O)CCCN1C(=O)CCC(=O)c2ccccc21. The van der Waals surface area contributed by atoms with Crippen LogP contribution >= 0.6 is 0 Å². The van der Waals surface area contributed by atoms with Gasteiger partial charge in [-0.1, -0.05) is 12.1 Å². The van der Waals surface area contributed by atoms with E-state index in [4.69, 9.17) is 0 Å². The molecule has 1 amide bonds. The number of Topliss-reactive ketones (excluding diaryl/α,β-unsaturated/α-hetero) is 1. The van der Waals surface area contributed by atoms with Gasteiger partial charge in [0.1, 0.15) is 0 Å². The highest BCUT2D eigenvalue weighted by Gasteiger charge is 2.25. The van der Waals surface area contributed by atoms with Gasteiger partial charge >= 0.3 is 5.97 Å². The van der Waals surface area contributed by atoms with Gasteiger partial charge in [0.2, 0.25) is 5.91 Å². The van der Waals surface area contributed by atoms with E-state index in [2.05, 4.69) is 4.74 Å². The summed E-state index contributed by atoms with van der Waals surface area (Å²) in [6.45, 7) is 0.415. The molecule has 1 aromatic carbocycles. The quantitative estimate of drug-likeness (QED) is 0.788. The summed E-state index contributed by atoms with van der Waals surface area (Å²) in [5, 5.41) is 0. The Morgan fingerprint density at radius 2 is 2.00 bits per heavy atom. The number of nitrogens with zero attached hydrogens (tertiary/aromatic N) is 1. The van der Waals surface area contributed by atoms with E-state index < -0.39 is 0 Å². The van der Waals surface area contributed by atoms with Crippen LogP contribution in [-0.2, 0) is 14.3 Å². The lowest BCUT2D eigenvalue weighted by Gasteiger charge is -2.22. The van der Waals surface area contributed by atoms with E-state index in [1.807, 2.05) is 0 Å². The summed E-state index contributed by atoms with van der Waals surface area (Å²) in [7, 11) is 1.34. The Morgan fingerprint density at radius 3 is 2.75 bits per heavy atom. The van der Waals surface area contributed by atoms with Crippen molar-refractivity contribution in [1.82, 2.24) is 0 Å². The minimum atomic E-state index is -0.295. The molecular formula is C15H17NO4. The number of fused-ring (bicyclic) bond motifs is 1. The molecule has 5 nitrogen and oxygen atoms in total. The first kappa shape index (κ1) is 14.2. The van der Waals surface area contributed by atoms with Crippen molar-refractivity contribution in [2.75, 3.05) is 18.6 Å². The summed E-state index contributed by atoms with van der Waals surface area (Å²) in [5.74, 6) is -0.380. The fraction of sp³-hybridized carbons (Fsp3) is 0.400. The lowest BCUT2D eigenvalue weighted by molar-refractivity contribution is -0.140. The molecule has 0 saturated heterocycles. The highest BCUT2D eigenvalue weighted by atomic mass is 16.5. The first-order chi connectivity index (χ1) is 9.63. The fourth-order valence-electron chi connectivity index (χ4n) is 2.30. The Labute approximate surface area is 117 Å². The zero-order valence-electron chi connectivity index (χ0n) is 11.4. The van der Waals surface area contributed by atoms with Gasteiger partial charge in [0, 0.05) is 31.4 Å². The van der Waals surface area contributed by atoms with Gasteiger partial charge in [-0.15, -0.1) is 0 Å². The molecule has 5 heteroatoms. The zero-order valence-corrected chi connectivity index (χ0v) is 11.4. The van der Waals surface area contributed by atoms with E-state index in [-0.39, 0.29) is 36.9 Å². The van der Waals surface area contributed by atoms with Gasteiger partial charge in [0.25, 0.3) is 0 Å². The third-order valence-electron chi connectivity index (χ3n) is 3.35. The summed E-state index contributed by atoms with van der Waals surface area (Å²) in [4.78, 5) is 36.8. The van der Waals surface area contributed by atoms with Crippen molar-refractivity contribution < 1.29 is 19.1 Å². The van der Waals surface area contributed by atoms with Crippen molar-refractivity contribution >= 4 is 23.3 Å². The molecular weight excluding hydrogens is 258 g/mol. The lowest BCUT2D eigenvalue weighted by Crippen LogP contribution is -2.31. The Hall–Kier alpha value is -2.17. The Balaban J connectivity index is 2.17. The Bertz CT molecular complexity index is 538. The highest BCUT2D eigenvalue weighted by Crippen LogP contribution is 2.27. The maximum atomic E-state index is 12.1. The maximum Gasteiger partial charge on any atom is 0.305 e. The predicted octanol–water partition coefficient (Wildman–Crippen LogP) is 1.95. The second kappa shape index (κ2) is 6.32. The number of carbonyl (C=O) groups excluding carboxylic acids is 3. The number of ether oxygens (including phenoxy) is 1. The summed E-state index contributed by atoms with van der Waals surface area (Å²) in [6.07, 6.45) is 1.23. The summed E-state index contributed by atoms with van der Waals surface area (Å²) in [5.41, 5.74) is 1.22. The molecule has 0 aromatic heterocycles. The van der Waals surface area contributed by atoms with Gasteiger partial charge in [-0.2, -0.15) is 0 Å². The first-order valence-electron chi connectivity index (χ1n) is 6.63. The molecule has 1 aromatic rings. The number of benzene rings is 1. The number of esters is 1. The smallest absolute Gasteiger partial charge is 0.305 e. The van der Waals surface area contributed by atoms with E-state index in [1.54, 1.807) is 29.2 Å². The largest absolute Gasteiger partial charge is 0.469 e. The predicted molar refractivity (Wildman–Crippen MR) is 73.6 cm³/mol. The molecule has 1 heterocycles. The maximum absolute atomic E-state index is 12.1. The normalized spacial score (nSPS) is 14.8. The van der Waals surface area contributed by atoms with E-state index in [9.17, 15) is 14.4 Å². The molecule has 0 atom stereocenters. The van der Waals surface area contributed by atoms with Crippen LogP contribution in [0, 0.1) is 0 Å². The molecule has 0 bridgehead atoms. The van der Waals surface area contributed by atoms with Gasteiger partial charge in [0.05, 0.1) is 12.8 Å². The topological polar surface area (TPSA) is 63.7 Å². The lowest BCUT2D eigenvalue weighted by atomic mass is 10.1. The van der Waals surface area contributed by atoms with Crippen molar-refractivity contribution in [1.29, 1.82) is 0 Å². The highest BCUT2D eigenvalue weighted by molar-refractivity contribution is 6.10. The van der Waals surface area contributed by atoms with E-state index >= 15 is 0 Å². The van der Waals surface area contributed by atoms with Crippen LogP contribution in [0.3, 0.4) is 0 Å². The molecule has 0 fully saturated rings. The molecule has 0 N–H and O–H groups in total. The summed E-state index contributed by atoms with van der Waals surface area (Å²) in [6, 6.07) is 7.11. The molecule has 0 spiro atoms. The molecule has 106 valence electrons. The summed E-state index contributed by atoms with van der Waals surface area (Å²) < 4.78 is 4.58. The third-order valence-corrected chi connectivity index (χ3v) is 3.35. The average Bonchev–Trinajstić information content (AvgIpc) is 2.59. The molecule has 2 rings (SSSR count). The number of rotatable bonds is 4. The van der Waals surface area contributed by atoms with Gasteiger partial charge < -0.3 is 9.64 Å². The van der Waals surface area contributed by atoms with Gasteiger partial charge in [0.15, 0.2) is 5.78 Å². The molecule has 0 aliphatic carbocycles. The second-order valence-corrected chi connectivity index (χ2v) is 4.67. The number of hydrogen-bond acceptors (Lipinski definition) is 4. The molecule has 20 heavy (non-hydrogen) atoms. The van der Waals surface area contributed by atoms with Gasteiger partial charge in [-0.25, -0.2) is 0 Å². The standard InChI is InChI=1S/C15H17NO4/c1-20-15(19)7-4-10-16-12-6-3-2-5-11(12)13(17)8-9-14(16)18/h2-3,5-6H,4,7-10H2,1H3. The van der Waals surface area contributed by atoms with Gasteiger partial charge in [-0.3, -0.25) is 14.4 Å². The molecule has 0 saturated carbocycles. The number of methoxy groups -OCH3 is 1. The van der Waals surface area contributed by atoms with Crippen molar-refractivity contribution in [3.8, 4) is 0 Å². The van der Waals surface area contributed by atoms with Crippen LogP contribution in [0.25, 0.3) is 0 Å². The van der Waals surface area contributed by atoms with Crippen LogP contribution in [0.1, 0.15) is 36.0 Å². The van der Waals surface area contributed by atoms with Crippen molar-refractivity contribution in [2.24, 2.45) is 0 Å². The minimum absolute atomic E-state index is 0.00980. The minimum Gasteiger partial charge on any atom is -0.469 e. The first-order valence-corrected chi connectivity index (χ1v) is 6.63. The monoisotopic (exact) mass is 275 g/mol. The van der Waals surface area contributed by atoms with Crippen molar-refractivity contribution in [3.05, 3.63) is 29.8 Å². The van der Waals surface area contributed by atoms with Crippen molar-refractivity contribution in [3.63, 3.8) is 0 Å². The third kappa shape index (κ3) is 3.04. The molecule has 0 radical (unpaired) electrons. The number of amides is 1. The zero-order chi connectivity index (χ0) is 14.5. The Kier molecular flexibility index (Phi) is 4.50. The number of carbonyl (C=O) groups is 3. The number of ketones is 1. The number of hydrogen-bond donors (Lipinski definition) is 0. The molecule has 1 aliphatic rings. The molecule has 0 unspecified atom stereocenters. The van der Waals surface area contributed by atoms with Crippen LogP contribution in [0.2, 0.25) is 0 Å². The van der Waals surface area contributed by atoms with E-state index in [1.165, 1.54) is 7.11 Å².